The number of rotatable bonds is 11. The molecule has 0 unspecified atom stereocenters. The highest BCUT2D eigenvalue weighted by molar-refractivity contribution is 5.78. The standard InChI is InChI=1S/C16H16.C16H30.C16H18.C13H22.C13H20/c1-11(2)16-14-9-5-3-7-12(14)13-8-4-6-10-15(13)16;2*1-13(2)16(14-9-5-3-6-10-14)15-11-7-4-8-12-15;1-9(2)13-6-10-3-11(7-13)5-12(4-10)8-13;1-10(2)9-12-5-7-13(8-6-12)11(3)4/h3-11,16H,1-2H3;13-16H,3-12H2,1-2H3;3-13,16H,1-2H3;9-12H,3-8H2,1-2H3;5-8,10-11H,9H2,1-4H3. The molecule has 6 fully saturated rings. The van der Waals surface area contributed by atoms with E-state index < -0.39 is 0 Å². The topological polar surface area (TPSA) is 0 Å². The molecule has 7 aliphatic carbocycles. The highest BCUT2D eigenvalue weighted by Gasteiger charge is 2.52. The van der Waals surface area contributed by atoms with Gasteiger partial charge in [0.2, 0.25) is 0 Å². The second kappa shape index (κ2) is 27.9. The van der Waals surface area contributed by atoms with Crippen molar-refractivity contribution in [2.24, 2.45) is 70.5 Å². The van der Waals surface area contributed by atoms with Crippen molar-refractivity contribution < 1.29 is 0 Å². The van der Waals surface area contributed by atoms with E-state index in [2.05, 4.69) is 217 Å². The van der Waals surface area contributed by atoms with E-state index in [1.54, 1.807) is 64.2 Å². The third-order valence-corrected chi connectivity index (χ3v) is 19.3. The van der Waals surface area contributed by atoms with Gasteiger partial charge >= 0.3 is 0 Å². The largest absolute Gasteiger partial charge is 0.0625 e. The van der Waals surface area contributed by atoms with Gasteiger partial charge in [-0.3, -0.25) is 0 Å². The predicted octanol–water partition coefficient (Wildman–Crippen LogP) is 22.2. The molecule has 12 rings (SSSR count). The second-order valence-electron chi connectivity index (χ2n) is 27.0. The zero-order valence-electron chi connectivity index (χ0n) is 49.3. The third kappa shape index (κ3) is 15.4. The van der Waals surface area contributed by atoms with E-state index in [1.807, 2.05) is 0 Å². The normalized spacial score (nSPS) is 22.2. The second-order valence-corrected chi connectivity index (χ2v) is 27.0. The van der Waals surface area contributed by atoms with Crippen LogP contribution in [0.2, 0.25) is 0 Å². The molecular weight excluding hydrogens is 889 g/mol. The first-order valence-corrected chi connectivity index (χ1v) is 31.0. The number of fused-ring (bicyclic) bond motifs is 3. The summed E-state index contributed by atoms with van der Waals surface area (Å²) in [6, 6.07) is 48.2. The maximum absolute atomic E-state index is 2.48. The van der Waals surface area contributed by atoms with E-state index in [-0.39, 0.29) is 0 Å². The lowest BCUT2D eigenvalue weighted by molar-refractivity contribution is -0.0789. The van der Waals surface area contributed by atoms with Crippen molar-refractivity contribution in [1.29, 1.82) is 0 Å². The Morgan fingerprint density at radius 1 is 0.419 bits per heavy atom. The first-order valence-electron chi connectivity index (χ1n) is 31.0. The van der Waals surface area contributed by atoms with Crippen LogP contribution in [0, 0.1) is 70.5 Å². The molecule has 0 heteroatoms. The molecule has 0 aliphatic heterocycles. The average Bonchev–Trinajstić information content (AvgIpc) is 3.73. The van der Waals surface area contributed by atoms with Crippen LogP contribution in [0.3, 0.4) is 0 Å². The first kappa shape index (κ1) is 57.8. The van der Waals surface area contributed by atoms with Crippen molar-refractivity contribution in [3.05, 3.63) is 167 Å². The Hall–Kier alpha value is -3.90. The average molecular weight is 996 g/mol. The summed E-state index contributed by atoms with van der Waals surface area (Å²) in [7, 11) is 0. The van der Waals surface area contributed by atoms with Crippen molar-refractivity contribution in [3.8, 4) is 11.1 Å². The molecular formula is C74H106. The summed E-state index contributed by atoms with van der Waals surface area (Å²) in [5.41, 5.74) is 12.4. The van der Waals surface area contributed by atoms with Crippen LogP contribution in [0.1, 0.15) is 237 Å². The summed E-state index contributed by atoms with van der Waals surface area (Å²) in [4.78, 5) is 0. The lowest BCUT2D eigenvalue weighted by Crippen LogP contribution is -2.48. The fourth-order valence-electron chi connectivity index (χ4n) is 16.1. The van der Waals surface area contributed by atoms with Gasteiger partial charge in [0.25, 0.3) is 0 Å². The fraction of sp³-hybridized carbons (Fsp3) is 0.595. The number of hydrogen-bond acceptors (Lipinski definition) is 0. The lowest BCUT2D eigenvalue weighted by Gasteiger charge is -2.58. The fourth-order valence-corrected chi connectivity index (χ4v) is 16.1. The monoisotopic (exact) mass is 995 g/mol. The van der Waals surface area contributed by atoms with Crippen molar-refractivity contribution in [3.63, 3.8) is 0 Å². The molecule has 0 saturated heterocycles. The van der Waals surface area contributed by atoms with Gasteiger partial charge in [-0.05, 0) is 166 Å². The van der Waals surface area contributed by atoms with Crippen molar-refractivity contribution in [2.45, 2.75) is 210 Å². The highest BCUT2D eigenvalue weighted by atomic mass is 14.6. The molecule has 5 aromatic rings. The van der Waals surface area contributed by atoms with Crippen LogP contribution in [0.25, 0.3) is 11.1 Å². The first-order chi connectivity index (χ1) is 35.6. The molecule has 0 atom stereocenters. The van der Waals surface area contributed by atoms with Crippen molar-refractivity contribution >= 4 is 0 Å². The molecule has 6 saturated carbocycles. The van der Waals surface area contributed by atoms with Crippen LogP contribution in [-0.2, 0) is 6.42 Å². The number of hydrogen-bond donors (Lipinski definition) is 0. The van der Waals surface area contributed by atoms with Gasteiger partial charge in [-0.25, -0.2) is 0 Å². The Balaban J connectivity index is 0.000000136. The van der Waals surface area contributed by atoms with Gasteiger partial charge in [0.05, 0.1) is 0 Å². The van der Waals surface area contributed by atoms with Gasteiger partial charge in [-0.15, -0.1) is 0 Å². The molecule has 402 valence electrons. The quantitative estimate of drug-likeness (QED) is 0.124. The Morgan fingerprint density at radius 3 is 1.18 bits per heavy atom. The molecule has 7 aliphatic rings. The van der Waals surface area contributed by atoms with Gasteiger partial charge < -0.3 is 0 Å². The lowest BCUT2D eigenvalue weighted by atomic mass is 9.47. The Labute approximate surface area is 456 Å². The molecule has 0 amide bonds. The summed E-state index contributed by atoms with van der Waals surface area (Å²) in [6.07, 6.45) is 25.9. The minimum atomic E-state index is 0.502. The van der Waals surface area contributed by atoms with Crippen molar-refractivity contribution in [2.75, 3.05) is 0 Å². The van der Waals surface area contributed by atoms with E-state index in [9.17, 15) is 0 Å². The van der Waals surface area contributed by atoms with E-state index in [0.29, 0.717) is 29.6 Å². The molecule has 74 heavy (non-hydrogen) atoms. The molecule has 0 nitrogen and oxygen atoms in total. The molecule has 0 aromatic heterocycles. The Kier molecular flexibility index (Phi) is 21.8. The van der Waals surface area contributed by atoms with E-state index >= 15 is 0 Å². The minimum Gasteiger partial charge on any atom is -0.0625 e. The predicted molar refractivity (Wildman–Crippen MR) is 324 cm³/mol. The molecule has 0 spiro atoms. The Bertz CT molecular complexity index is 2180. The van der Waals surface area contributed by atoms with Gasteiger partial charge in [0.15, 0.2) is 0 Å². The van der Waals surface area contributed by atoms with Crippen LogP contribution >= 0.6 is 0 Å². The van der Waals surface area contributed by atoms with Crippen LogP contribution in [0.5, 0.6) is 0 Å². The van der Waals surface area contributed by atoms with Gasteiger partial charge in [-0.1, -0.05) is 281 Å². The summed E-state index contributed by atoms with van der Waals surface area (Å²) in [5.74, 6) is 12.2. The third-order valence-electron chi connectivity index (χ3n) is 19.3. The molecule has 0 heterocycles. The van der Waals surface area contributed by atoms with E-state index in [0.717, 1.165) is 58.7 Å². The van der Waals surface area contributed by atoms with Crippen molar-refractivity contribution in [1.82, 2.24) is 0 Å². The molecule has 5 aromatic carbocycles. The smallest absolute Gasteiger partial charge is 0.0125 e. The zero-order chi connectivity index (χ0) is 52.8. The maximum atomic E-state index is 2.48. The van der Waals surface area contributed by atoms with Gasteiger partial charge in [0.1, 0.15) is 0 Å². The Morgan fingerprint density at radius 2 is 0.824 bits per heavy atom. The molecule has 0 radical (unpaired) electrons. The van der Waals surface area contributed by atoms with Gasteiger partial charge in [-0.2, -0.15) is 0 Å². The SMILES string of the molecule is CC(C)C(C1CCCCC1)C1CCCCC1.CC(C)C(c1ccccc1)c1ccccc1.CC(C)C12CC3CC(CC(C3)C1)C2.CC(C)C1c2ccccc2-c2ccccc21.CC(C)Cc1ccc(C(C)C)cc1. The summed E-state index contributed by atoms with van der Waals surface area (Å²) >= 11 is 0. The molecule has 4 bridgehead atoms. The van der Waals surface area contributed by atoms with Crippen LogP contribution < -0.4 is 0 Å². The summed E-state index contributed by atoms with van der Waals surface area (Å²) < 4.78 is 0. The highest BCUT2D eigenvalue weighted by Crippen LogP contribution is 2.62. The summed E-state index contributed by atoms with van der Waals surface area (Å²) in [5, 5.41) is 0. The van der Waals surface area contributed by atoms with Crippen LogP contribution in [0.4, 0.5) is 0 Å². The van der Waals surface area contributed by atoms with E-state index in [1.165, 1.54) is 89.5 Å². The maximum Gasteiger partial charge on any atom is 0.0125 e. The van der Waals surface area contributed by atoms with Gasteiger partial charge in [0, 0.05) is 11.8 Å². The van der Waals surface area contributed by atoms with Crippen LogP contribution in [0.15, 0.2) is 133 Å². The molecule has 0 N–H and O–H groups in total. The minimum absolute atomic E-state index is 0.502. The zero-order valence-corrected chi connectivity index (χ0v) is 49.3. The van der Waals surface area contributed by atoms with Crippen LogP contribution in [-0.4, -0.2) is 0 Å². The van der Waals surface area contributed by atoms with E-state index in [4.69, 9.17) is 0 Å². The number of benzene rings is 5. The summed E-state index contributed by atoms with van der Waals surface area (Å²) in [6.45, 7) is 28.1.